The van der Waals surface area contributed by atoms with Crippen LogP contribution in [-0.4, -0.2) is 42.5 Å². The van der Waals surface area contributed by atoms with Crippen molar-refractivity contribution < 1.29 is 0 Å². The highest BCUT2D eigenvalue weighted by molar-refractivity contribution is 5.84. The van der Waals surface area contributed by atoms with Gasteiger partial charge in [0.2, 0.25) is 0 Å². The van der Waals surface area contributed by atoms with Gasteiger partial charge in [-0.1, -0.05) is 84.9 Å². The van der Waals surface area contributed by atoms with E-state index in [1.165, 1.54) is 33.4 Å². The summed E-state index contributed by atoms with van der Waals surface area (Å²) >= 11 is 0. The van der Waals surface area contributed by atoms with Crippen LogP contribution >= 0.6 is 0 Å². The third-order valence-electron chi connectivity index (χ3n) is 6.55. The minimum absolute atomic E-state index is 1.02. The van der Waals surface area contributed by atoms with Gasteiger partial charge in [-0.3, -0.25) is 9.80 Å². The molecule has 0 radical (unpaired) electrons. The number of nitrogens with zero attached hydrogens (tertiary/aromatic N) is 2. The second-order valence-electron chi connectivity index (χ2n) is 8.49. The Balaban J connectivity index is 1.30. The minimum atomic E-state index is 1.02. The zero-order valence-corrected chi connectivity index (χ0v) is 17.6. The van der Waals surface area contributed by atoms with Gasteiger partial charge in [0, 0.05) is 39.3 Å². The van der Waals surface area contributed by atoms with Crippen LogP contribution in [0.15, 0.2) is 84.9 Å². The Morgan fingerprint density at radius 2 is 1.13 bits per heavy atom. The Kier molecular flexibility index (Phi) is 5.78. The third-order valence-corrected chi connectivity index (χ3v) is 6.55. The average Bonchev–Trinajstić information content (AvgIpc) is 2.96. The molecule has 0 unspecified atom stereocenters. The van der Waals surface area contributed by atoms with Crippen molar-refractivity contribution in [3.8, 4) is 0 Å². The summed E-state index contributed by atoms with van der Waals surface area (Å²) in [6.45, 7) is 6.66. The highest BCUT2D eigenvalue weighted by Gasteiger charge is 2.19. The number of hydrogen-bond acceptors (Lipinski definition) is 2. The summed E-state index contributed by atoms with van der Waals surface area (Å²) in [5.41, 5.74) is 8.64. The van der Waals surface area contributed by atoms with Crippen molar-refractivity contribution in [2.24, 2.45) is 0 Å². The second-order valence-corrected chi connectivity index (χ2v) is 8.49. The molecular formula is C28H30N2. The quantitative estimate of drug-likeness (QED) is 0.612. The Bertz CT molecular complexity index is 964. The van der Waals surface area contributed by atoms with E-state index in [9.17, 15) is 0 Å². The fraction of sp³-hybridized carbons (Fsp3) is 0.286. The topological polar surface area (TPSA) is 6.48 Å². The van der Waals surface area contributed by atoms with Crippen LogP contribution in [0, 0.1) is 0 Å². The van der Waals surface area contributed by atoms with Crippen molar-refractivity contribution in [2.75, 3.05) is 32.7 Å². The number of benzene rings is 3. The lowest BCUT2D eigenvalue weighted by Crippen LogP contribution is -2.45. The van der Waals surface area contributed by atoms with Crippen LogP contribution in [0.3, 0.4) is 0 Å². The molecule has 152 valence electrons. The molecule has 3 aromatic rings. The lowest BCUT2D eigenvalue weighted by molar-refractivity contribution is 0.137. The second kappa shape index (κ2) is 8.99. The van der Waals surface area contributed by atoms with Crippen LogP contribution in [0.5, 0.6) is 0 Å². The fourth-order valence-electron chi connectivity index (χ4n) is 4.83. The first-order valence-corrected chi connectivity index (χ1v) is 11.2. The predicted octanol–water partition coefficient (Wildman–Crippen LogP) is 5.03. The molecule has 1 saturated heterocycles. The van der Waals surface area contributed by atoms with Crippen LogP contribution in [0.25, 0.3) is 5.57 Å². The number of aryl methyl sites for hydroxylation is 2. The van der Waals surface area contributed by atoms with Gasteiger partial charge in [-0.05, 0) is 46.2 Å². The Labute approximate surface area is 180 Å². The van der Waals surface area contributed by atoms with Crippen LogP contribution < -0.4 is 0 Å². The van der Waals surface area contributed by atoms with Gasteiger partial charge in [0.05, 0.1) is 0 Å². The van der Waals surface area contributed by atoms with E-state index < -0.39 is 0 Å². The van der Waals surface area contributed by atoms with E-state index >= 15 is 0 Å². The molecule has 0 atom stereocenters. The summed E-state index contributed by atoms with van der Waals surface area (Å²) in [6.07, 6.45) is 4.74. The molecule has 0 amide bonds. The molecule has 0 saturated carbocycles. The molecule has 2 nitrogen and oxygen atoms in total. The molecule has 30 heavy (non-hydrogen) atoms. The van der Waals surface area contributed by atoms with Gasteiger partial charge < -0.3 is 0 Å². The zero-order valence-electron chi connectivity index (χ0n) is 17.6. The standard InChI is InChI=1S/C28H30N2/c1-2-8-23(9-3-1)22-30-20-18-29(19-21-30)17-16-28-26-12-6-4-10-24(26)14-15-25-11-5-7-13-27(25)28/h1-13,16H,14-15,17-22H2. The lowest BCUT2D eigenvalue weighted by atomic mass is 9.93. The summed E-state index contributed by atoms with van der Waals surface area (Å²) in [7, 11) is 0. The molecule has 2 aliphatic rings. The summed E-state index contributed by atoms with van der Waals surface area (Å²) in [4.78, 5) is 5.18. The first kappa shape index (κ1) is 19.3. The third kappa shape index (κ3) is 4.26. The van der Waals surface area contributed by atoms with E-state index in [1.807, 2.05) is 0 Å². The Morgan fingerprint density at radius 1 is 0.600 bits per heavy atom. The van der Waals surface area contributed by atoms with Crippen LogP contribution in [-0.2, 0) is 19.4 Å². The molecule has 0 bridgehead atoms. The van der Waals surface area contributed by atoms with E-state index in [2.05, 4.69) is 94.7 Å². The molecule has 1 fully saturated rings. The molecule has 2 heteroatoms. The van der Waals surface area contributed by atoms with Gasteiger partial charge in [-0.2, -0.15) is 0 Å². The van der Waals surface area contributed by atoms with Gasteiger partial charge in [0.25, 0.3) is 0 Å². The first-order valence-electron chi connectivity index (χ1n) is 11.2. The van der Waals surface area contributed by atoms with Crippen molar-refractivity contribution >= 4 is 5.57 Å². The molecule has 5 rings (SSSR count). The summed E-state index contributed by atoms with van der Waals surface area (Å²) in [6, 6.07) is 28.8. The van der Waals surface area contributed by atoms with Crippen LogP contribution in [0.2, 0.25) is 0 Å². The van der Waals surface area contributed by atoms with Crippen LogP contribution in [0.4, 0.5) is 0 Å². The maximum Gasteiger partial charge on any atom is 0.0234 e. The largest absolute Gasteiger partial charge is 0.297 e. The van der Waals surface area contributed by atoms with Crippen molar-refractivity contribution in [2.45, 2.75) is 19.4 Å². The number of piperazine rings is 1. The van der Waals surface area contributed by atoms with Crippen LogP contribution in [0.1, 0.15) is 27.8 Å². The highest BCUT2D eigenvalue weighted by atomic mass is 15.3. The number of hydrogen-bond donors (Lipinski definition) is 0. The summed E-state index contributed by atoms with van der Waals surface area (Å²) in [5.74, 6) is 0. The monoisotopic (exact) mass is 394 g/mol. The molecule has 0 N–H and O–H groups in total. The van der Waals surface area contributed by atoms with Gasteiger partial charge >= 0.3 is 0 Å². The van der Waals surface area contributed by atoms with E-state index in [0.717, 1.165) is 52.1 Å². The SMILES string of the molecule is C(CN1CCN(Cc2ccccc2)CC1)=C1c2ccccc2CCc2ccccc21. The molecule has 1 aliphatic heterocycles. The van der Waals surface area contributed by atoms with E-state index in [0.29, 0.717) is 0 Å². The molecule has 0 aromatic heterocycles. The van der Waals surface area contributed by atoms with Crippen molar-refractivity contribution in [3.05, 3.63) is 113 Å². The van der Waals surface area contributed by atoms with Gasteiger partial charge in [0.15, 0.2) is 0 Å². The van der Waals surface area contributed by atoms with Gasteiger partial charge in [-0.25, -0.2) is 0 Å². The smallest absolute Gasteiger partial charge is 0.0234 e. The molecular weight excluding hydrogens is 364 g/mol. The molecule has 1 heterocycles. The van der Waals surface area contributed by atoms with E-state index in [4.69, 9.17) is 0 Å². The zero-order chi connectivity index (χ0) is 20.2. The van der Waals surface area contributed by atoms with E-state index in [1.54, 1.807) is 0 Å². The average molecular weight is 395 g/mol. The van der Waals surface area contributed by atoms with Gasteiger partial charge in [-0.15, -0.1) is 0 Å². The minimum Gasteiger partial charge on any atom is -0.297 e. The number of fused-ring (bicyclic) bond motifs is 2. The maximum atomic E-state index is 2.60. The van der Waals surface area contributed by atoms with Crippen molar-refractivity contribution in [3.63, 3.8) is 0 Å². The molecule has 1 aliphatic carbocycles. The predicted molar refractivity (Wildman–Crippen MR) is 126 cm³/mol. The van der Waals surface area contributed by atoms with Crippen molar-refractivity contribution in [1.82, 2.24) is 9.80 Å². The lowest BCUT2D eigenvalue weighted by Gasteiger charge is -2.34. The highest BCUT2D eigenvalue weighted by Crippen LogP contribution is 2.33. The number of rotatable bonds is 4. The molecule has 0 spiro atoms. The summed E-state index contributed by atoms with van der Waals surface area (Å²) < 4.78 is 0. The normalized spacial score (nSPS) is 17.1. The fourth-order valence-corrected chi connectivity index (χ4v) is 4.83. The van der Waals surface area contributed by atoms with Gasteiger partial charge in [0.1, 0.15) is 0 Å². The molecule has 3 aromatic carbocycles. The van der Waals surface area contributed by atoms with E-state index in [-0.39, 0.29) is 0 Å². The first-order chi connectivity index (χ1) is 14.9. The van der Waals surface area contributed by atoms with Crippen molar-refractivity contribution in [1.29, 1.82) is 0 Å². The Morgan fingerprint density at radius 3 is 1.77 bits per heavy atom. The summed E-state index contributed by atoms with van der Waals surface area (Å²) in [5, 5.41) is 0. The Hall–Kier alpha value is -2.68. The maximum absolute atomic E-state index is 2.60.